The summed E-state index contributed by atoms with van der Waals surface area (Å²) in [7, 11) is 0. The second-order valence-corrected chi connectivity index (χ2v) is 5.35. The fourth-order valence-corrected chi connectivity index (χ4v) is 1.73. The standard InChI is InChI=1S/3C6H7.C5H5.2Fe/c3*1-6-4-2-3-5-6;1-2-4-5-3-1;;/h3*2-5H,1H3;1-5H;;/q4*-1;2*+2. The van der Waals surface area contributed by atoms with Crippen molar-refractivity contribution in [2.45, 2.75) is 20.8 Å². The van der Waals surface area contributed by atoms with Gasteiger partial charge in [0.05, 0.1) is 0 Å². The SMILES string of the molecule is C[c-]1cccc1.C[c-]1cccc1.C[c-]1cccc1.[Fe+2].[Fe+2].c1cc[cH-]c1. The normalized spacial score (nSPS) is 7.96. The first-order valence-corrected chi connectivity index (χ1v) is 7.90. The van der Waals surface area contributed by atoms with Crippen LogP contribution in [0.4, 0.5) is 0 Å². The van der Waals surface area contributed by atoms with Crippen LogP contribution < -0.4 is 0 Å². The molecule has 0 spiro atoms. The Hall–Kier alpha value is -1.56. The minimum absolute atomic E-state index is 0. The minimum atomic E-state index is 0. The zero-order chi connectivity index (χ0) is 16.8. The van der Waals surface area contributed by atoms with Crippen molar-refractivity contribution in [2.24, 2.45) is 0 Å². The molecule has 25 heavy (non-hydrogen) atoms. The van der Waals surface area contributed by atoms with Crippen molar-refractivity contribution in [3.8, 4) is 0 Å². The molecule has 134 valence electrons. The summed E-state index contributed by atoms with van der Waals surface area (Å²) < 4.78 is 0. The van der Waals surface area contributed by atoms with Gasteiger partial charge in [-0.3, -0.25) is 0 Å². The Bertz CT molecular complexity index is 546. The maximum Gasteiger partial charge on any atom is 2.00 e. The summed E-state index contributed by atoms with van der Waals surface area (Å²) in [6.45, 7) is 6.25. The molecule has 0 nitrogen and oxygen atoms in total. The van der Waals surface area contributed by atoms with Gasteiger partial charge in [-0.25, -0.2) is 48.5 Å². The maximum atomic E-state index is 2.08. The fraction of sp³-hybridized carbons (Fsp3) is 0.130. The Labute approximate surface area is 174 Å². The second kappa shape index (κ2) is 17.3. The summed E-state index contributed by atoms with van der Waals surface area (Å²) >= 11 is 0. The summed E-state index contributed by atoms with van der Waals surface area (Å²) in [5.41, 5.74) is 4.03. The molecular weight excluding hydrogens is 388 g/mol. The van der Waals surface area contributed by atoms with Gasteiger partial charge in [-0.2, -0.15) is 71.3 Å². The first-order valence-electron chi connectivity index (χ1n) is 7.90. The van der Waals surface area contributed by atoms with Crippen molar-refractivity contribution < 1.29 is 34.1 Å². The fourth-order valence-electron chi connectivity index (χ4n) is 1.73. The molecule has 0 aliphatic heterocycles. The van der Waals surface area contributed by atoms with Gasteiger partial charge in [0.2, 0.25) is 0 Å². The van der Waals surface area contributed by atoms with Gasteiger partial charge in [0, 0.05) is 0 Å². The van der Waals surface area contributed by atoms with Crippen LogP contribution in [0.25, 0.3) is 0 Å². The molecule has 4 rings (SSSR count). The Balaban J connectivity index is 0. The summed E-state index contributed by atoms with van der Waals surface area (Å²) in [4.78, 5) is 0. The molecule has 0 amide bonds. The summed E-state index contributed by atoms with van der Waals surface area (Å²) in [6.07, 6.45) is 0. The number of rotatable bonds is 0. The van der Waals surface area contributed by atoms with E-state index in [1.807, 2.05) is 66.7 Å². The Kier molecular flexibility index (Phi) is 17.7. The molecule has 0 aliphatic rings. The first kappa shape index (κ1) is 25.7. The van der Waals surface area contributed by atoms with Crippen LogP contribution in [0.5, 0.6) is 0 Å². The minimum Gasteiger partial charge on any atom is -0.214 e. The van der Waals surface area contributed by atoms with Crippen LogP contribution in [0.3, 0.4) is 0 Å². The number of aryl methyl sites for hydroxylation is 3. The summed E-state index contributed by atoms with van der Waals surface area (Å²) in [6, 6.07) is 34.7. The molecule has 0 radical (unpaired) electrons. The zero-order valence-corrected chi connectivity index (χ0v) is 17.2. The second-order valence-electron chi connectivity index (χ2n) is 5.35. The molecule has 0 bridgehead atoms. The molecule has 4 aromatic rings. The molecule has 0 atom stereocenters. The molecule has 0 unspecified atom stereocenters. The van der Waals surface area contributed by atoms with E-state index in [1.165, 1.54) is 16.7 Å². The van der Waals surface area contributed by atoms with E-state index in [0.29, 0.717) is 0 Å². The van der Waals surface area contributed by atoms with Crippen molar-refractivity contribution in [3.05, 3.63) is 120 Å². The van der Waals surface area contributed by atoms with E-state index in [4.69, 9.17) is 0 Å². The molecule has 0 N–H and O–H groups in total. The van der Waals surface area contributed by atoms with Crippen molar-refractivity contribution >= 4 is 0 Å². The molecule has 0 saturated heterocycles. The van der Waals surface area contributed by atoms with Crippen LogP contribution in [-0.4, -0.2) is 0 Å². The Morgan fingerprint density at radius 2 is 0.680 bits per heavy atom. The van der Waals surface area contributed by atoms with Crippen molar-refractivity contribution in [2.75, 3.05) is 0 Å². The molecule has 0 fully saturated rings. The first-order chi connectivity index (χ1) is 11.2. The molecular formula is C23H26Fe2. The van der Waals surface area contributed by atoms with Gasteiger partial charge in [0.25, 0.3) is 0 Å². The van der Waals surface area contributed by atoms with Crippen LogP contribution in [-0.2, 0) is 34.1 Å². The third-order valence-electron chi connectivity index (χ3n) is 3.04. The van der Waals surface area contributed by atoms with Crippen molar-refractivity contribution in [3.63, 3.8) is 0 Å². The van der Waals surface area contributed by atoms with Crippen LogP contribution in [0.15, 0.2) is 103 Å². The van der Waals surface area contributed by atoms with E-state index >= 15 is 0 Å². The van der Waals surface area contributed by atoms with Gasteiger partial charge >= 0.3 is 34.1 Å². The van der Waals surface area contributed by atoms with Crippen molar-refractivity contribution in [1.82, 2.24) is 0 Å². The van der Waals surface area contributed by atoms with E-state index in [0.717, 1.165) is 0 Å². The molecule has 4 aromatic carbocycles. The number of hydrogen-bond acceptors (Lipinski definition) is 0. The number of hydrogen-bond donors (Lipinski definition) is 0. The topological polar surface area (TPSA) is 0 Å². The van der Waals surface area contributed by atoms with E-state index in [-0.39, 0.29) is 34.1 Å². The predicted octanol–water partition coefficient (Wildman–Crippen LogP) is 6.54. The predicted molar refractivity (Wildman–Crippen MR) is 102 cm³/mol. The van der Waals surface area contributed by atoms with Crippen LogP contribution in [0, 0.1) is 20.8 Å². The van der Waals surface area contributed by atoms with Crippen LogP contribution in [0.2, 0.25) is 0 Å². The van der Waals surface area contributed by atoms with Gasteiger partial charge in [0.1, 0.15) is 0 Å². The zero-order valence-electron chi connectivity index (χ0n) is 15.0. The summed E-state index contributed by atoms with van der Waals surface area (Å²) in [5, 5.41) is 0. The maximum absolute atomic E-state index is 2.08. The Morgan fingerprint density at radius 1 is 0.440 bits per heavy atom. The Morgan fingerprint density at radius 3 is 0.760 bits per heavy atom. The smallest absolute Gasteiger partial charge is 0.214 e. The summed E-state index contributed by atoms with van der Waals surface area (Å²) in [5.74, 6) is 0. The van der Waals surface area contributed by atoms with E-state index in [9.17, 15) is 0 Å². The van der Waals surface area contributed by atoms with Gasteiger partial charge in [-0.1, -0.05) is 20.8 Å². The third kappa shape index (κ3) is 15.7. The van der Waals surface area contributed by atoms with Gasteiger partial charge in [-0.05, 0) is 0 Å². The van der Waals surface area contributed by atoms with Crippen LogP contribution in [0.1, 0.15) is 16.7 Å². The molecule has 0 aliphatic carbocycles. The van der Waals surface area contributed by atoms with Gasteiger partial charge in [0.15, 0.2) is 0 Å². The third-order valence-corrected chi connectivity index (χ3v) is 3.04. The van der Waals surface area contributed by atoms with E-state index in [1.54, 1.807) is 0 Å². The van der Waals surface area contributed by atoms with Gasteiger partial charge < -0.3 is 0 Å². The average Bonchev–Trinajstić information content (AvgIpc) is 3.31. The molecule has 0 saturated carbocycles. The van der Waals surface area contributed by atoms with Crippen LogP contribution >= 0.6 is 0 Å². The quantitative estimate of drug-likeness (QED) is 0.226. The average molecular weight is 414 g/mol. The van der Waals surface area contributed by atoms with Crippen molar-refractivity contribution in [1.29, 1.82) is 0 Å². The molecule has 0 heterocycles. The van der Waals surface area contributed by atoms with E-state index in [2.05, 4.69) is 57.2 Å². The monoisotopic (exact) mass is 414 g/mol. The largest absolute Gasteiger partial charge is 2.00 e. The molecule has 2 heteroatoms. The van der Waals surface area contributed by atoms with E-state index < -0.39 is 0 Å². The van der Waals surface area contributed by atoms with Gasteiger partial charge in [-0.15, -0.1) is 0 Å². The molecule has 0 aromatic heterocycles.